The van der Waals surface area contributed by atoms with E-state index in [1.165, 1.54) is 11.8 Å². The second-order valence-corrected chi connectivity index (χ2v) is 8.84. The van der Waals surface area contributed by atoms with Crippen LogP contribution in [0.25, 0.3) is 0 Å². The molecule has 0 N–H and O–H groups in total. The summed E-state index contributed by atoms with van der Waals surface area (Å²) in [4.78, 5) is 12.8. The fourth-order valence-electron chi connectivity index (χ4n) is 3.56. The van der Waals surface area contributed by atoms with Crippen LogP contribution in [0.4, 0.5) is 0 Å². The first kappa shape index (κ1) is 23.4. The highest BCUT2D eigenvalue weighted by atomic mass is 35.5. The highest BCUT2D eigenvalue weighted by molar-refractivity contribution is 7.99. The Morgan fingerprint density at radius 1 is 1.13 bits per heavy atom. The molecule has 0 saturated heterocycles. The lowest BCUT2D eigenvalue weighted by Gasteiger charge is -2.19. The first-order valence-electron chi connectivity index (χ1n) is 10.5. The van der Waals surface area contributed by atoms with Crippen molar-refractivity contribution in [2.45, 2.75) is 58.3 Å². The van der Waals surface area contributed by atoms with Gasteiger partial charge < -0.3 is 9.30 Å². The summed E-state index contributed by atoms with van der Waals surface area (Å²) in [5.41, 5.74) is 2.91. The van der Waals surface area contributed by atoms with E-state index in [0.717, 1.165) is 40.5 Å². The van der Waals surface area contributed by atoms with Gasteiger partial charge in [0.25, 0.3) is 0 Å². The van der Waals surface area contributed by atoms with Crippen molar-refractivity contribution in [2.75, 3.05) is 5.75 Å². The minimum Gasteiger partial charge on any atom is -0.484 e. The van der Waals surface area contributed by atoms with Gasteiger partial charge >= 0.3 is 0 Å². The van der Waals surface area contributed by atoms with Crippen LogP contribution in [0.2, 0.25) is 5.02 Å². The van der Waals surface area contributed by atoms with Crippen LogP contribution >= 0.6 is 23.4 Å². The average Bonchev–Trinajstić information content (AvgIpc) is 3.15. The zero-order chi connectivity index (χ0) is 22.4. The highest BCUT2D eigenvalue weighted by Crippen LogP contribution is 2.29. The number of rotatable bonds is 10. The van der Waals surface area contributed by atoms with Gasteiger partial charge in [-0.25, -0.2) is 0 Å². The van der Waals surface area contributed by atoms with Crippen LogP contribution in [0, 0.1) is 13.8 Å². The van der Waals surface area contributed by atoms with E-state index in [9.17, 15) is 4.79 Å². The number of para-hydroxylation sites is 1. The number of aromatic nitrogens is 3. The van der Waals surface area contributed by atoms with Crippen molar-refractivity contribution in [3.05, 3.63) is 70.0 Å². The zero-order valence-electron chi connectivity index (χ0n) is 18.4. The normalized spacial score (nSPS) is 11.2. The molecule has 0 unspecified atom stereocenters. The molecule has 0 aliphatic heterocycles. The van der Waals surface area contributed by atoms with E-state index >= 15 is 0 Å². The minimum atomic E-state index is 0.0930. The number of aryl methyl sites for hydroxylation is 2. The second kappa shape index (κ2) is 10.8. The van der Waals surface area contributed by atoms with Gasteiger partial charge in [-0.2, -0.15) is 0 Å². The van der Waals surface area contributed by atoms with Crippen molar-refractivity contribution in [2.24, 2.45) is 0 Å². The molecule has 0 spiro atoms. The summed E-state index contributed by atoms with van der Waals surface area (Å²) in [6.45, 7) is 8.55. The maximum absolute atomic E-state index is 12.8. The number of ketones is 1. The maximum atomic E-state index is 12.8. The number of carbonyl (C=O) groups is 1. The molecule has 1 heterocycles. The minimum absolute atomic E-state index is 0.0930. The Kier molecular flexibility index (Phi) is 8.15. The van der Waals surface area contributed by atoms with Crippen LogP contribution in [-0.2, 0) is 6.61 Å². The Hall–Kier alpha value is -2.31. The number of carbonyl (C=O) groups excluding carboxylic acids is 1. The van der Waals surface area contributed by atoms with Crippen LogP contribution in [0.5, 0.6) is 5.75 Å². The Morgan fingerprint density at radius 3 is 2.55 bits per heavy atom. The lowest BCUT2D eigenvalue weighted by molar-refractivity contribution is 0.102. The number of nitrogens with zero attached hydrogens (tertiary/aromatic N) is 3. The Balaban J connectivity index is 1.78. The van der Waals surface area contributed by atoms with E-state index < -0.39 is 0 Å². The molecule has 2 aromatic carbocycles. The van der Waals surface area contributed by atoms with E-state index in [1.807, 2.05) is 50.2 Å². The fraction of sp³-hybridized carbons (Fsp3) is 0.375. The molecule has 7 heteroatoms. The Morgan fingerprint density at radius 2 is 1.87 bits per heavy atom. The van der Waals surface area contributed by atoms with Crippen molar-refractivity contribution in [1.82, 2.24) is 14.8 Å². The molecule has 0 radical (unpaired) electrons. The lowest BCUT2D eigenvalue weighted by atomic mass is 10.0. The molecule has 31 heavy (non-hydrogen) atoms. The monoisotopic (exact) mass is 457 g/mol. The zero-order valence-corrected chi connectivity index (χ0v) is 20.0. The quantitative estimate of drug-likeness (QED) is 0.258. The number of benzene rings is 2. The average molecular weight is 458 g/mol. The van der Waals surface area contributed by atoms with Crippen LogP contribution in [0.15, 0.2) is 47.6 Å². The maximum Gasteiger partial charge on any atom is 0.192 e. The molecule has 1 aromatic heterocycles. The molecule has 0 saturated carbocycles. The third-order valence-corrected chi connectivity index (χ3v) is 6.51. The highest BCUT2D eigenvalue weighted by Gasteiger charge is 2.21. The fourth-order valence-corrected chi connectivity index (χ4v) is 4.66. The summed E-state index contributed by atoms with van der Waals surface area (Å²) in [6.07, 6.45) is 1.87. The van der Waals surface area contributed by atoms with Gasteiger partial charge in [-0.3, -0.25) is 4.79 Å². The van der Waals surface area contributed by atoms with Crippen molar-refractivity contribution >= 4 is 29.1 Å². The summed E-state index contributed by atoms with van der Waals surface area (Å²) in [5, 5.41) is 10.1. The predicted molar refractivity (Wildman–Crippen MR) is 126 cm³/mol. The van der Waals surface area contributed by atoms with Crippen molar-refractivity contribution in [3.63, 3.8) is 0 Å². The first-order chi connectivity index (χ1) is 14.9. The van der Waals surface area contributed by atoms with Gasteiger partial charge in [0, 0.05) is 11.6 Å². The number of halogens is 1. The second-order valence-electron chi connectivity index (χ2n) is 7.49. The topological polar surface area (TPSA) is 57.0 Å². The van der Waals surface area contributed by atoms with Crippen LogP contribution in [0.1, 0.15) is 60.0 Å². The van der Waals surface area contributed by atoms with E-state index in [2.05, 4.69) is 28.6 Å². The molecule has 5 nitrogen and oxygen atoms in total. The molecule has 3 rings (SSSR count). The van der Waals surface area contributed by atoms with Gasteiger partial charge in [-0.15, -0.1) is 10.2 Å². The van der Waals surface area contributed by atoms with Crippen LogP contribution in [0.3, 0.4) is 0 Å². The standard InChI is InChI=1S/C24H28ClN3O2S/c1-5-18(6-2)28-23(14-30-22-10-8-7-9-20(22)25)26-27-24(28)31-15-21(29)19-12-11-16(3)13-17(19)4/h7-13,18H,5-6,14-15H2,1-4H3. The summed E-state index contributed by atoms with van der Waals surface area (Å²) >= 11 is 7.63. The molecule has 0 amide bonds. The van der Waals surface area contributed by atoms with Crippen molar-refractivity contribution in [1.29, 1.82) is 0 Å². The Labute approximate surface area is 193 Å². The SMILES string of the molecule is CCC(CC)n1c(COc2ccccc2Cl)nnc1SCC(=O)c1ccc(C)cc1C. The van der Waals surface area contributed by atoms with Crippen LogP contribution < -0.4 is 4.74 Å². The van der Waals surface area contributed by atoms with E-state index in [4.69, 9.17) is 16.3 Å². The van der Waals surface area contributed by atoms with Gasteiger partial charge in [0.2, 0.25) is 0 Å². The van der Waals surface area contributed by atoms with Crippen molar-refractivity contribution < 1.29 is 9.53 Å². The Bertz CT molecular complexity index is 1050. The summed E-state index contributed by atoms with van der Waals surface area (Å²) in [6, 6.07) is 13.5. The third kappa shape index (κ3) is 5.69. The number of hydrogen-bond acceptors (Lipinski definition) is 5. The molecule has 164 valence electrons. The van der Waals surface area contributed by atoms with Gasteiger partial charge in [0.1, 0.15) is 12.4 Å². The van der Waals surface area contributed by atoms with Gasteiger partial charge in [0.05, 0.1) is 10.8 Å². The molecular formula is C24H28ClN3O2S. The van der Waals surface area contributed by atoms with Gasteiger partial charge in [-0.1, -0.05) is 73.1 Å². The van der Waals surface area contributed by atoms with E-state index in [-0.39, 0.29) is 18.4 Å². The number of Topliss-reactive ketones (excluding diaryl/α,β-unsaturated/α-hetero) is 1. The van der Waals surface area contributed by atoms with Crippen LogP contribution in [-0.4, -0.2) is 26.3 Å². The number of thioether (sulfide) groups is 1. The third-order valence-electron chi connectivity index (χ3n) is 5.25. The van der Waals surface area contributed by atoms with Crippen molar-refractivity contribution in [3.8, 4) is 5.75 Å². The van der Waals surface area contributed by atoms with E-state index in [0.29, 0.717) is 16.5 Å². The largest absolute Gasteiger partial charge is 0.484 e. The van der Waals surface area contributed by atoms with E-state index in [1.54, 1.807) is 6.07 Å². The molecule has 0 bridgehead atoms. The van der Waals surface area contributed by atoms with Gasteiger partial charge in [-0.05, 0) is 44.4 Å². The molecule has 3 aromatic rings. The molecule has 0 fully saturated rings. The lowest BCUT2D eigenvalue weighted by Crippen LogP contribution is -2.15. The number of ether oxygens (including phenoxy) is 1. The molecular weight excluding hydrogens is 430 g/mol. The summed E-state index contributed by atoms with van der Waals surface area (Å²) in [5.74, 6) is 1.75. The number of hydrogen-bond donors (Lipinski definition) is 0. The summed E-state index contributed by atoms with van der Waals surface area (Å²) in [7, 11) is 0. The molecule has 0 aliphatic carbocycles. The molecule has 0 atom stereocenters. The summed E-state index contributed by atoms with van der Waals surface area (Å²) < 4.78 is 8.01. The first-order valence-corrected chi connectivity index (χ1v) is 11.8. The smallest absolute Gasteiger partial charge is 0.192 e. The molecule has 0 aliphatic rings. The van der Waals surface area contributed by atoms with Gasteiger partial charge in [0.15, 0.2) is 16.8 Å². The predicted octanol–water partition coefficient (Wildman–Crippen LogP) is 6.46.